The molecule has 2 aromatic carbocycles. The molecule has 0 aliphatic carbocycles. The quantitative estimate of drug-likeness (QED) is 0.244. The fourth-order valence-electron chi connectivity index (χ4n) is 6.55. The Bertz CT molecular complexity index is 1290. The van der Waals surface area contributed by atoms with Crippen LogP contribution in [0.5, 0.6) is 5.75 Å². The number of amides is 3. The van der Waals surface area contributed by atoms with Gasteiger partial charge >= 0.3 is 0 Å². The van der Waals surface area contributed by atoms with E-state index in [2.05, 4.69) is 26.6 Å². The van der Waals surface area contributed by atoms with Gasteiger partial charge in [-0.15, -0.1) is 0 Å². The minimum atomic E-state index is -1.17. The van der Waals surface area contributed by atoms with Crippen molar-refractivity contribution in [2.45, 2.75) is 62.1 Å². The molecule has 1 spiro atoms. The molecule has 3 amide bonds. The molecule has 2 aromatic rings. The van der Waals surface area contributed by atoms with Crippen LogP contribution in [0.4, 0.5) is 11.4 Å². The van der Waals surface area contributed by atoms with Crippen LogP contribution in [-0.4, -0.2) is 70.1 Å². The molecule has 6 atom stereocenters. The number of carbonyl (C=O) groups excluding carboxylic acids is 3. The number of aliphatic hydroxyl groups is 1. The Kier molecular flexibility index (Phi) is 8.94. The summed E-state index contributed by atoms with van der Waals surface area (Å²) in [5, 5.41) is 15.5. The molecule has 220 valence electrons. The number of unbranched alkanes of at least 4 members (excludes halogenated alkanes) is 2. The number of para-hydroxylation sites is 1. The summed E-state index contributed by atoms with van der Waals surface area (Å²) in [5.74, 6) is -1.90. The molecule has 0 aromatic heterocycles. The summed E-state index contributed by atoms with van der Waals surface area (Å²) in [7, 11) is 0. The second-order valence-corrected chi connectivity index (χ2v) is 12.4. The summed E-state index contributed by atoms with van der Waals surface area (Å²) in [5.41, 5.74) is 0.685. The van der Waals surface area contributed by atoms with Gasteiger partial charge in [0.2, 0.25) is 17.7 Å². The van der Waals surface area contributed by atoms with Gasteiger partial charge in [-0.3, -0.25) is 14.4 Å². The van der Waals surface area contributed by atoms with E-state index in [1.165, 1.54) is 0 Å². The van der Waals surface area contributed by atoms with Crippen LogP contribution in [0, 0.1) is 18.8 Å². The van der Waals surface area contributed by atoms with E-state index in [0.717, 1.165) is 5.56 Å². The van der Waals surface area contributed by atoms with Crippen molar-refractivity contribution >= 4 is 56.6 Å². The summed E-state index contributed by atoms with van der Waals surface area (Å²) in [4.78, 5) is 43.2. The molecule has 0 radical (unpaired) electrons. The van der Waals surface area contributed by atoms with Gasteiger partial charge in [0.15, 0.2) is 0 Å². The monoisotopic (exact) mass is 647 g/mol. The number of carbonyl (C=O) groups is 3. The van der Waals surface area contributed by atoms with Crippen molar-refractivity contribution in [2.24, 2.45) is 11.8 Å². The third kappa shape index (κ3) is 5.47. The number of nitrogens with one attached hydrogen (secondary N) is 2. The highest BCUT2D eigenvalue weighted by Gasteiger charge is 2.76. The number of hydrogen-bond acceptors (Lipinski definition) is 6. The van der Waals surface area contributed by atoms with Crippen molar-refractivity contribution in [3.8, 4) is 5.75 Å². The van der Waals surface area contributed by atoms with Crippen LogP contribution in [0.15, 0.2) is 42.5 Å². The normalized spacial score (nSPS) is 28.1. The number of likely N-dealkylation sites (tertiary alicyclic amines) is 1. The van der Waals surface area contributed by atoms with Crippen molar-refractivity contribution in [3.63, 3.8) is 0 Å². The minimum absolute atomic E-state index is 0.0556. The minimum Gasteiger partial charge on any atom is -0.494 e. The molecular weight excluding hydrogens is 614 g/mol. The van der Waals surface area contributed by atoms with Crippen LogP contribution in [0.25, 0.3) is 0 Å². The van der Waals surface area contributed by atoms with E-state index in [9.17, 15) is 19.5 Å². The second-order valence-electron chi connectivity index (χ2n) is 10.8. The second kappa shape index (κ2) is 12.3. The number of aliphatic hydroxyl groups excluding tert-OH is 1. The average molecular weight is 649 g/mol. The van der Waals surface area contributed by atoms with Crippen LogP contribution in [-0.2, 0) is 19.1 Å². The van der Waals surface area contributed by atoms with Crippen LogP contribution in [0.1, 0.15) is 38.2 Å². The summed E-state index contributed by atoms with van der Waals surface area (Å²) in [6, 6.07) is 11.5. The fraction of sp³-hybridized carbons (Fsp3) is 0.500. The Balaban J connectivity index is 1.45. The van der Waals surface area contributed by atoms with Crippen molar-refractivity contribution in [1.29, 1.82) is 0 Å². The number of fused-ring (bicyclic) bond motifs is 1. The maximum Gasteiger partial charge on any atom is 0.250 e. The zero-order chi connectivity index (χ0) is 29.3. The molecule has 41 heavy (non-hydrogen) atoms. The standard InChI is InChI=1S/C30H35BrClN3O6/c1-3-40-19-12-10-18(11-13-19)33-27(37)22-23-29(39)35(14-5-4-6-15-36)26(30(23)16-20(31)25(22)41-30)28(38)34-24-17(2)8-7-9-21(24)32/h7-13,20,22-23,25-26,36H,3-6,14-16H2,1-2H3,(H,33,37)(H,34,38)/t20?,22-,23-,25-,26?,30?/m0/s1. The van der Waals surface area contributed by atoms with Gasteiger partial charge in [0.25, 0.3) is 0 Å². The van der Waals surface area contributed by atoms with E-state index in [4.69, 9.17) is 21.1 Å². The van der Waals surface area contributed by atoms with Gasteiger partial charge in [-0.05, 0) is 75.4 Å². The van der Waals surface area contributed by atoms with Gasteiger partial charge in [-0.25, -0.2) is 0 Å². The maximum absolute atomic E-state index is 14.1. The highest BCUT2D eigenvalue weighted by molar-refractivity contribution is 9.09. The number of ether oxygens (including phenoxy) is 2. The summed E-state index contributed by atoms with van der Waals surface area (Å²) < 4.78 is 12.0. The van der Waals surface area contributed by atoms with Crippen LogP contribution >= 0.6 is 27.5 Å². The third-order valence-corrected chi connectivity index (χ3v) is 9.46. The fourth-order valence-corrected chi connectivity index (χ4v) is 7.76. The van der Waals surface area contributed by atoms with Gasteiger partial charge < -0.3 is 30.1 Å². The van der Waals surface area contributed by atoms with E-state index in [-0.39, 0.29) is 23.2 Å². The smallest absolute Gasteiger partial charge is 0.250 e. The van der Waals surface area contributed by atoms with E-state index < -0.39 is 35.5 Å². The number of hydrogen-bond donors (Lipinski definition) is 3. The lowest BCUT2D eigenvalue weighted by molar-refractivity contribution is -0.139. The van der Waals surface area contributed by atoms with Crippen molar-refractivity contribution in [3.05, 3.63) is 53.1 Å². The Labute approximate surface area is 253 Å². The summed E-state index contributed by atoms with van der Waals surface area (Å²) >= 11 is 10.1. The number of anilines is 2. The van der Waals surface area contributed by atoms with Crippen molar-refractivity contribution in [1.82, 2.24) is 4.90 Å². The SMILES string of the molecule is CCOc1ccc(NC(=O)[C@H]2[C@H]3C(=O)N(CCCCCO)C(C(=O)Nc4c(C)cccc4Cl)C34CC(Br)[C@@H]2O4)cc1. The number of nitrogens with zero attached hydrogens (tertiary/aromatic N) is 1. The molecule has 0 saturated carbocycles. The van der Waals surface area contributed by atoms with Gasteiger partial charge in [0, 0.05) is 23.7 Å². The highest BCUT2D eigenvalue weighted by Crippen LogP contribution is 2.60. The molecule has 3 saturated heterocycles. The summed E-state index contributed by atoms with van der Waals surface area (Å²) in [6.45, 7) is 4.65. The third-order valence-electron chi connectivity index (χ3n) is 8.30. The first-order chi connectivity index (χ1) is 19.7. The largest absolute Gasteiger partial charge is 0.494 e. The van der Waals surface area contributed by atoms with E-state index in [1.807, 2.05) is 19.9 Å². The summed E-state index contributed by atoms with van der Waals surface area (Å²) in [6.07, 6.45) is 1.74. The topological polar surface area (TPSA) is 117 Å². The lowest BCUT2D eigenvalue weighted by atomic mass is 9.70. The molecule has 3 heterocycles. The maximum atomic E-state index is 14.1. The molecule has 11 heteroatoms. The highest BCUT2D eigenvalue weighted by atomic mass is 79.9. The molecular formula is C30H35BrClN3O6. The first-order valence-corrected chi connectivity index (χ1v) is 15.3. The Morgan fingerprint density at radius 3 is 2.59 bits per heavy atom. The van der Waals surface area contributed by atoms with Crippen LogP contribution in [0.2, 0.25) is 5.02 Å². The number of rotatable bonds is 11. The molecule has 3 fully saturated rings. The van der Waals surface area contributed by atoms with Crippen LogP contribution in [0.3, 0.4) is 0 Å². The molecule has 5 rings (SSSR count). The van der Waals surface area contributed by atoms with Gasteiger partial charge in [0.1, 0.15) is 17.4 Å². The van der Waals surface area contributed by atoms with E-state index >= 15 is 0 Å². The molecule has 3 aliphatic rings. The molecule has 3 aliphatic heterocycles. The van der Waals surface area contributed by atoms with Gasteiger partial charge in [-0.2, -0.15) is 0 Å². The first-order valence-electron chi connectivity index (χ1n) is 14.0. The Morgan fingerprint density at radius 1 is 1.15 bits per heavy atom. The first kappa shape index (κ1) is 29.8. The predicted octanol–water partition coefficient (Wildman–Crippen LogP) is 4.53. The molecule has 2 bridgehead atoms. The average Bonchev–Trinajstić information content (AvgIpc) is 3.53. The van der Waals surface area contributed by atoms with E-state index in [0.29, 0.717) is 61.0 Å². The molecule has 3 unspecified atom stereocenters. The number of alkyl halides is 1. The Morgan fingerprint density at radius 2 is 1.90 bits per heavy atom. The Hall–Kier alpha value is -2.66. The number of aryl methyl sites for hydroxylation is 1. The lowest BCUT2D eigenvalue weighted by Crippen LogP contribution is -2.54. The zero-order valence-electron chi connectivity index (χ0n) is 23.1. The van der Waals surface area contributed by atoms with Crippen molar-refractivity contribution in [2.75, 3.05) is 30.4 Å². The number of halogens is 2. The lowest BCUT2D eigenvalue weighted by Gasteiger charge is -2.34. The predicted molar refractivity (Wildman–Crippen MR) is 159 cm³/mol. The van der Waals surface area contributed by atoms with Gasteiger partial charge in [-0.1, -0.05) is 39.7 Å². The molecule has 9 nitrogen and oxygen atoms in total. The number of benzene rings is 2. The molecule has 3 N–H and O–H groups in total. The zero-order valence-corrected chi connectivity index (χ0v) is 25.4. The van der Waals surface area contributed by atoms with Crippen molar-refractivity contribution < 1.29 is 29.0 Å². The van der Waals surface area contributed by atoms with Gasteiger partial charge in [0.05, 0.1) is 35.3 Å². The van der Waals surface area contributed by atoms with E-state index in [1.54, 1.807) is 41.3 Å². The van der Waals surface area contributed by atoms with Crippen LogP contribution < -0.4 is 15.4 Å².